The highest BCUT2D eigenvalue weighted by Crippen LogP contribution is 2.54. The fourth-order valence-electron chi connectivity index (χ4n) is 4.44. The Hall–Kier alpha value is -2.97. The first-order valence-corrected chi connectivity index (χ1v) is 14.1. The summed E-state index contributed by atoms with van der Waals surface area (Å²) < 4.78 is 38.3. The molecular weight excluding hydrogens is 569 g/mol. The molecule has 0 saturated carbocycles. The van der Waals surface area contributed by atoms with Crippen LogP contribution in [0.3, 0.4) is 0 Å². The van der Waals surface area contributed by atoms with Crippen LogP contribution in [0.25, 0.3) is 11.2 Å². The number of nitrogens with one attached hydrogen (secondary N) is 2. The van der Waals surface area contributed by atoms with Gasteiger partial charge in [-0.2, -0.15) is 4.98 Å². The van der Waals surface area contributed by atoms with E-state index < -0.39 is 50.3 Å². The van der Waals surface area contributed by atoms with Crippen molar-refractivity contribution in [3.8, 4) is 5.75 Å². The number of carbonyl (C=O) groups excluding carboxylic acids is 1. The molecule has 3 aromatic rings. The van der Waals surface area contributed by atoms with E-state index in [1.165, 1.54) is 23.0 Å². The van der Waals surface area contributed by atoms with Gasteiger partial charge < -0.3 is 24.4 Å². The predicted octanol–water partition coefficient (Wildman–Crippen LogP) is 2.29. The first-order chi connectivity index (χ1) is 19.1. The Morgan fingerprint density at radius 1 is 1.40 bits per heavy atom. The number of aromatic amines is 1. The number of aliphatic hydroxyl groups is 2. The normalized spacial score (nSPS) is 26.9. The molecule has 14 nitrogen and oxygen atoms in total. The van der Waals surface area contributed by atoms with Crippen LogP contribution in [0.2, 0.25) is 5.02 Å². The van der Waals surface area contributed by atoms with Crippen molar-refractivity contribution >= 4 is 42.6 Å². The number of nitrogens with zero attached hydrogens (tertiary/aromatic N) is 3. The number of halogens is 1. The van der Waals surface area contributed by atoms with E-state index in [1.54, 1.807) is 26.0 Å². The van der Waals surface area contributed by atoms with E-state index in [0.717, 1.165) is 0 Å². The summed E-state index contributed by atoms with van der Waals surface area (Å²) in [5.74, 6) is -0.854. The lowest BCUT2D eigenvalue weighted by molar-refractivity contribution is -0.188. The second kappa shape index (κ2) is 11.5. The summed E-state index contributed by atoms with van der Waals surface area (Å²) in [6.45, 7) is 3.01. The van der Waals surface area contributed by atoms with Crippen molar-refractivity contribution in [2.24, 2.45) is 5.92 Å². The number of H-pyrrole nitrogens is 1. The average molecular weight is 597 g/mol. The smallest absolute Gasteiger partial charge is 0.393 e. The number of aromatic nitrogens is 4. The summed E-state index contributed by atoms with van der Waals surface area (Å²) >= 11 is 6.17. The minimum absolute atomic E-state index is 0.0167. The number of carbonyl (C=O) groups is 1. The number of anilines is 1. The van der Waals surface area contributed by atoms with Crippen molar-refractivity contribution in [3.05, 3.63) is 46.0 Å². The summed E-state index contributed by atoms with van der Waals surface area (Å²) in [6, 6.07) is 6.27. The number of fused-ring (bicyclic) bond motifs is 1. The van der Waals surface area contributed by atoms with Gasteiger partial charge in [-0.15, -0.1) is 0 Å². The number of aliphatic hydroxyl groups excluding tert-OH is 1. The standard InChI is InChI=1S/C24H27ClN5O9P/c1-12(2)20(32)28-23-27-19-17(21(33)29-23)26-11-30(19)22-18(38-16-8-5-9-36-16)24(34,15(10-31)37-22)40(35)39-14-7-4-3-6-13(14)25/h3-4,6-7,11-12,15-16,18,22,31,34H,5,8-10H2,1-2H3,(H-,27,28,29,32,33)/p+1/t15-,16?,18+,22-,24+/m1/s1. The molecule has 4 heterocycles. The van der Waals surface area contributed by atoms with Gasteiger partial charge in [0, 0.05) is 18.9 Å². The molecule has 4 N–H and O–H groups in total. The quantitative estimate of drug-likeness (QED) is 0.265. The van der Waals surface area contributed by atoms with Gasteiger partial charge in [0.25, 0.3) is 5.56 Å². The lowest BCUT2D eigenvalue weighted by atomic mass is 10.1. The summed E-state index contributed by atoms with van der Waals surface area (Å²) in [7, 11) is -3.06. The van der Waals surface area contributed by atoms with Gasteiger partial charge in [0.05, 0.1) is 18.0 Å². The summed E-state index contributed by atoms with van der Waals surface area (Å²) in [5.41, 5.74) is -0.744. The molecule has 2 aromatic heterocycles. The van der Waals surface area contributed by atoms with E-state index in [4.69, 9.17) is 30.3 Å². The largest absolute Gasteiger partial charge is 0.598 e. The van der Waals surface area contributed by atoms with Gasteiger partial charge in [0.1, 0.15) is 0 Å². The van der Waals surface area contributed by atoms with Crippen molar-refractivity contribution in [1.29, 1.82) is 0 Å². The van der Waals surface area contributed by atoms with Crippen LogP contribution in [0, 0.1) is 5.92 Å². The molecule has 40 heavy (non-hydrogen) atoms. The molecule has 0 spiro atoms. The maximum absolute atomic E-state index is 13.7. The molecule has 0 aliphatic carbocycles. The van der Waals surface area contributed by atoms with Gasteiger partial charge in [-0.1, -0.05) is 37.6 Å². The molecule has 6 atom stereocenters. The van der Waals surface area contributed by atoms with E-state index in [9.17, 15) is 24.4 Å². The van der Waals surface area contributed by atoms with Gasteiger partial charge in [-0.05, 0) is 23.1 Å². The molecular formula is C24H28ClN5O9P+. The summed E-state index contributed by atoms with van der Waals surface area (Å²) in [6.07, 6.45) is -2.58. The van der Waals surface area contributed by atoms with Crippen molar-refractivity contribution in [2.45, 2.75) is 56.8 Å². The predicted molar refractivity (Wildman–Crippen MR) is 141 cm³/mol. The molecule has 1 aromatic carbocycles. The van der Waals surface area contributed by atoms with Crippen molar-refractivity contribution in [2.75, 3.05) is 18.5 Å². The molecule has 2 fully saturated rings. The van der Waals surface area contributed by atoms with Crippen LogP contribution in [0.15, 0.2) is 35.4 Å². The monoisotopic (exact) mass is 596 g/mol. The Balaban J connectivity index is 1.57. The maximum atomic E-state index is 13.7. The Labute approximate surface area is 233 Å². The minimum atomic E-state index is -3.06. The van der Waals surface area contributed by atoms with Gasteiger partial charge >= 0.3 is 13.4 Å². The molecule has 1 amide bonds. The SMILES string of the molecule is CC(C)C(=O)Nc1nc2c(ncn2[C@@H]2O[C@H](CO)[C@](O)([P+](=O)Oc3ccccc3Cl)[C@H]2OC2CCCO2)c(=O)[nH]1. The molecule has 2 aliphatic rings. The number of ether oxygens (including phenoxy) is 3. The lowest BCUT2D eigenvalue weighted by Gasteiger charge is -2.26. The van der Waals surface area contributed by atoms with Crippen molar-refractivity contribution in [3.63, 3.8) is 0 Å². The number of rotatable bonds is 9. The maximum Gasteiger partial charge on any atom is 0.598 e. The molecule has 5 rings (SSSR count). The molecule has 2 saturated heterocycles. The molecule has 0 bridgehead atoms. The zero-order chi connectivity index (χ0) is 28.6. The van der Waals surface area contributed by atoms with Gasteiger partial charge in [-0.25, -0.2) is 4.98 Å². The van der Waals surface area contributed by atoms with Gasteiger partial charge in [-0.3, -0.25) is 29.0 Å². The number of imidazole rings is 1. The third-order valence-corrected chi connectivity index (χ3v) is 8.39. The van der Waals surface area contributed by atoms with E-state index >= 15 is 0 Å². The second-order valence-corrected chi connectivity index (χ2v) is 11.5. The number of para-hydroxylation sites is 1. The Morgan fingerprint density at radius 2 is 2.17 bits per heavy atom. The minimum Gasteiger partial charge on any atom is -0.393 e. The van der Waals surface area contributed by atoms with Crippen LogP contribution in [-0.4, -0.2) is 72.7 Å². The zero-order valence-electron chi connectivity index (χ0n) is 21.5. The molecule has 0 radical (unpaired) electrons. The molecule has 2 aliphatic heterocycles. The van der Waals surface area contributed by atoms with E-state index in [1.807, 2.05) is 0 Å². The van der Waals surface area contributed by atoms with Crippen molar-refractivity contribution < 1.29 is 38.3 Å². The highest BCUT2D eigenvalue weighted by molar-refractivity contribution is 7.41. The van der Waals surface area contributed by atoms with E-state index in [0.29, 0.717) is 19.4 Å². The third-order valence-electron chi connectivity index (χ3n) is 6.59. The summed E-state index contributed by atoms with van der Waals surface area (Å²) in [5, 5.41) is 22.4. The van der Waals surface area contributed by atoms with Crippen molar-refractivity contribution in [1.82, 2.24) is 19.5 Å². The third kappa shape index (κ3) is 5.23. The highest BCUT2D eigenvalue weighted by Gasteiger charge is 2.73. The second-order valence-electron chi connectivity index (χ2n) is 9.64. The lowest BCUT2D eigenvalue weighted by Crippen LogP contribution is -2.49. The first kappa shape index (κ1) is 28.6. The number of hydrogen-bond donors (Lipinski definition) is 4. The van der Waals surface area contributed by atoms with Crippen LogP contribution in [0.5, 0.6) is 5.75 Å². The van der Waals surface area contributed by atoms with Crippen LogP contribution >= 0.6 is 19.6 Å². The zero-order valence-corrected chi connectivity index (χ0v) is 23.2. The Morgan fingerprint density at radius 3 is 2.85 bits per heavy atom. The first-order valence-electron chi connectivity index (χ1n) is 12.6. The van der Waals surface area contributed by atoms with Gasteiger partial charge in [0.2, 0.25) is 17.6 Å². The van der Waals surface area contributed by atoms with Gasteiger partial charge in [0.15, 0.2) is 35.9 Å². The van der Waals surface area contributed by atoms with Crippen LogP contribution in [0.1, 0.15) is 32.9 Å². The topological polar surface area (TPSA) is 187 Å². The van der Waals surface area contributed by atoms with E-state index in [2.05, 4.69) is 20.3 Å². The molecule has 16 heteroatoms. The summed E-state index contributed by atoms with van der Waals surface area (Å²) in [4.78, 5) is 35.9. The Kier molecular flexibility index (Phi) is 8.20. The van der Waals surface area contributed by atoms with Crippen LogP contribution in [-0.2, 0) is 23.6 Å². The number of hydrogen-bond acceptors (Lipinski definition) is 11. The van der Waals surface area contributed by atoms with Crippen LogP contribution < -0.4 is 15.4 Å². The number of benzene rings is 1. The number of amides is 1. The highest BCUT2D eigenvalue weighted by atomic mass is 35.5. The Bertz CT molecular complexity index is 1480. The molecule has 214 valence electrons. The fraction of sp³-hybridized carbons (Fsp3) is 0.500. The fourth-order valence-corrected chi connectivity index (χ4v) is 5.93. The van der Waals surface area contributed by atoms with E-state index in [-0.39, 0.29) is 39.7 Å². The average Bonchev–Trinajstić information content (AvgIpc) is 3.65. The molecule has 2 unspecified atom stereocenters. The van der Waals surface area contributed by atoms with Crippen LogP contribution in [0.4, 0.5) is 5.95 Å².